The lowest BCUT2D eigenvalue weighted by molar-refractivity contribution is -0.137. The van der Waals surface area contributed by atoms with E-state index in [9.17, 15) is 22.4 Å². The maximum atomic E-state index is 15.4. The molecule has 13 heteroatoms. The summed E-state index contributed by atoms with van der Waals surface area (Å²) in [6.45, 7) is -0.503. The van der Waals surface area contributed by atoms with Gasteiger partial charge in [0.25, 0.3) is 5.91 Å². The van der Waals surface area contributed by atoms with E-state index >= 15 is 4.39 Å². The fraction of sp³-hybridized carbons (Fsp3) is 0.0769. The lowest BCUT2D eigenvalue weighted by atomic mass is 10.1. The molecule has 6 aromatic rings. The van der Waals surface area contributed by atoms with E-state index in [4.69, 9.17) is 5.73 Å². The number of fused-ring (bicyclic) bond motifs is 4. The summed E-state index contributed by atoms with van der Waals surface area (Å²) in [7, 11) is 0. The Labute approximate surface area is 215 Å². The molecular formula is C26H16F5N7O. The van der Waals surface area contributed by atoms with Crippen LogP contribution in [0, 0.1) is 11.6 Å². The lowest BCUT2D eigenvalue weighted by Gasteiger charge is -2.23. The van der Waals surface area contributed by atoms with Crippen molar-refractivity contribution in [3.63, 3.8) is 0 Å². The van der Waals surface area contributed by atoms with Gasteiger partial charge in [0.15, 0.2) is 0 Å². The first-order chi connectivity index (χ1) is 18.6. The quantitative estimate of drug-likeness (QED) is 0.310. The van der Waals surface area contributed by atoms with Crippen LogP contribution in [-0.4, -0.2) is 29.9 Å². The summed E-state index contributed by atoms with van der Waals surface area (Å²) in [5, 5.41) is 4.19. The molecule has 0 aliphatic rings. The van der Waals surface area contributed by atoms with Gasteiger partial charge in [-0.15, -0.1) is 0 Å². The summed E-state index contributed by atoms with van der Waals surface area (Å²) >= 11 is 0. The first-order valence-electron chi connectivity index (χ1n) is 11.4. The van der Waals surface area contributed by atoms with Crippen LogP contribution in [-0.2, 0) is 12.7 Å². The fourth-order valence-corrected chi connectivity index (χ4v) is 4.42. The van der Waals surface area contributed by atoms with Crippen LogP contribution in [0.5, 0.6) is 0 Å². The van der Waals surface area contributed by atoms with E-state index in [1.165, 1.54) is 29.3 Å². The number of nitrogens with zero attached hydrogens (tertiary/aromatic N) is 6. The molecule has 4 aromatic heterocycles. The van der Waals surface area contributed by atoms with Gasteiger partial charge in [0, 0.05) is 17.8 Å². The van der Waals surface area contributed by atoms with Crippen molar-refractivity contribution in [2.24, 2.45) is 0 Å². The van der Waals surface area contributed by atoms with Gasteiger partial charge in [0.05, 0.1) is 58.6 Å². The van der Waals surface area contributed by atoms with Crippen molar-refractivity contribution in [1.29, 1.82) is 0 Å². The molecule has 0 bridgehead atoms. The van der Waals surface area contributed by atoms with Crippen LogP contribution in [0.1, 0.15) is 21.5 Å². The summed E-state index contributed by atoms with van der Waals surface area (Å²) in [6, 6.07) is 9.37. The summed E-state index contributed by atoms with van der Waals surface area (Å²) in [5.41, 5.74) is 5.75. The molecule has 6 rings (SSSR count). The second kappa shape index (κ2) is 8.75. The van der Waals surface area contributed by atoms with Crippen LogP contribution >= 0.6 is 0 Å². The van der Waals surface area contributed by atoms with Crippen LogP contribution in [0.15, 0.2) is 73.4 Å². The Hall–Kier alpha value is -5.07. The predicted molar refractivity (Wildman–Crippen MR) is 132 cm³/mol. The first-order valence-corrected chi connectivity index (χ1v) is 11.4. The zero-order valence-corrected chi connectivity index (χ0v) is 19.7. The molecule has 0 aliphatic heterocycles. The monoisotopic (exact) mass is 537 g/mol. The van der Waals surface area contributed by atoms with E-state index in [2.05, 4.69) is 15.1 Å². The highest BCUT2D eigenvalue weighted by Gasteiger charge is 2.32. The molecule has 0 unspecified atom stereocenters. The molecule has 0 saturated carbocycles. The highest BCUT2D eigenvalue weighted by molar-refractivity contribution is 6.09. The van der Waals surface area contributed by atoms with Gasteiger partial charge in [0.2, 0.25) is 0 Å². The maximum absolute atomic E-state index is 15.4. The van der Waals surface area contributed by atoms with Crippen molar-refractivity contribution in [1.82, 2.24) is 24.0 Å². The second-order valence-corrected chi connectivity index (χ2v) is 8.72. The van der Waals surface area contributed by atoms with Crippen molar-refractivity contribution in [3.8, 4) is 0 Å². The second-order valence-electron chi connectivity index (χ2n) is 8.72. The molecule has 2 aromatic carbocycles. The van der Waals surface area contributed by atoms with Gasteiger partial charge in [-0.05, 0) is 30.3 Å². The van der Waals surface area contributed by atoms with E-state index in [0.717, 1.165) is 23.1 Å². The minimum Gasteiger partial charge on any atom is -0.382 e. The number of benzene rings is 2. The number of imidazole rings is 1. The number of anilines is 2. The molecule has 0 aliphatic carbocycles. The minimum atomic E-state index is -4.75. The van der Waals surface area contributed by atoms with E-state index in [0.29, 0.717) is 22.6 Å². The third-order valence-electron chi connectivity index (χ3n) is 6.35. The Morgan fingerprint density at radius 2 is 1.79 bits per heavy atom. The largest absolute Gasteiger partial charge is 0.416 e. The Kier molecular flexibility index (Phi) is 5.45. The van der Waals surface area contributed by atoms with Gasteiger partial charge >= 0.3 is 6.18 Å². The number of nitrogens with two attached hydrogens (primary N) is 1. The normalized spacial score (nSPS) is 12.0. The Morgan fingerprint density at radius 1 is 0.974 bits per heavy atom. The summed E-state index contributed by atoms with van der Waals surface area (Å²) in [5.74, 6) is -2.85. The molecule has 0 fully saturated rings. The molecule has 0 saturated heterocycles. The predicted octanol–water partition coefficient (Wildman–Crippen LogP) is 5.26. The third-order valence-corrected chi connectivity index (χ3v) is 6.35. The van der Waals surface area contributed by atoms with Crippen LogP contribution < -0.4 is 10.6 Å². The third kappa shape index (κ3) is 4.07. The molecule has 2 N–H and O–H groups in total. The number of hydrogen-bond acceptors (Lipinski definition) is 5. The van der Waals surface area contributed by atoms with E-state index in [1.54, 1.807) is 28.8 Å². The molecule has 196 valence electrons. The van der Waals surface area contributed by atoms with Gasteiger partial charge in [-0.1, -0.05) is 12.1 Å². The smallest absolute Gasteiger partial charge is 0.382 e. The van der Waals surface area contributed by atoms with Crippen molar-refractivity contribution >= 4 is 39.5 Å². The summed E-state index contributed by atoms with van der Waals surface area (Å²) in [4.78, 5) is 23.2. The molecule has 0 radical (unpaired) electrons. The number of aromatic nitrogens is 5. The van der Waals surface area contributed by atoms with Gasteiger partial charge < -0.3 is 10.6 Å². The highest BCUT2D eigenvalue weighted by Crippen LogP contribution is 2.32. The number of halogens is 5. The Bertz CT molecular complexity index is 1910. The Morgan fingerprint density at radius 3 is 2.56 bits per heavy atom. The van der Waals surface area contributed by atoms with Gasteiger partial charge in [-0.2, -0.15) is 18.3 Å². The number of hydrogen-bond donors (Lipinski definition) is 1. The van der Waals surface area contributed by atoms with Crippen LogP contribution in [0.2, 0.25) is 0 Å². The van der Waals surface area contributed by atoms with Gasteiger partial charge in [0.1, 0.15) is 23.0 Å². The number of rotatable bonds is 4. The minimum absolute atomic E-state index is 0.115. The summed E-state index contributed by atoms with van der Waals surface area (Å²) < 4.78 is 72.5. The highest BCUT2D eigenvalue weighted by atomic mass is 19.4. The average molecular weight is 537 g/mol. The molecule has 0 atom stereocenters. The van der Waals surface area contributed by atoms with E-state index in [1.807, 2.05) is 0 Å². The van der Waals surface area contributed by atoms with Crippen LogP contribution in [0.25, 0.3) is 22.1 Å². The van der Waals surface area contributed by atoms with E-state index in [-0.39, 0.29) is 28.1 Å². The number of carbonyl (C=O) groups excluding carboxylic acids is 1. The zero-order chi connectivity index (χ0) is 27.5. The molecular weight excluding hydrogens is 521 g/mol. The van der Waals surface area contributed by atoms with Crippen LogP contribution in [0.3, 0.4) is 0 Å². The molecule has 0 spiro atoms. The average Bonchev–Trinajstić information content (AvgIpc) is 3.55. The first kappa shape index (κ1) is 24.3. The SMILES string of the molecule is Nc1nc2cc(F)c(C(=O)N(Cc3ccc(C(F)(F)F)cc3F)c3cnn4ccccc34)cc2n2cncc12. The summed E-state index contributed by atoms with van der Waals surface area (Å²) in [6.07, 6.45) is 1.10. The van der Waals surface area contributed by atoms with E-state index < -0.39 is 35.8 Å². The Balaban J connectivity index is 1.50. The number of amides is 1. The molecule has 8 nitrogen and oxygen atoms in total. The van der Waals surface area contributed by atoms with Crippen molar-refractivity contribution in [2.45, 2.75) is 12.7 Å². The van der Waals surface area contributed by atoms with Crippen molar-refractivity contribution < 1.29 is 26.7 Å². The topological polar surface area (TPSA) is 93.8 Å². The number of carbonyl (C=O) groups is 1. The number of alkyl halides is 3. The standard InChI is InChI=1S/C26H16F5N7O/c27-17-7-15(26(29,30)31)5-4-14(17)12-36(22-11-34-38-6-2-1-3-20(22)38)25(39)16-8-21-19(9-18(16)28)35-24(32)23-10-33-13-37(21)23/h1-11,13H,12H2,(H2,32,35). The maximum Gasteiger partial charge on any atom is 0.416 e. The number of pyridine rings is 1. The van der Waals surface area contributed by atoms with Gasteiger partial charge in [-0.25, -0.2) is 23.3 Å². The molecule has 4 heterocycles. The number of nitrogen functional groups attached to an aromatic ring is 1. The fourth-order valence-electron chi connectivity index (χ4n) is 4.42. The van der Waals surface area contributed by atoms with Crippen molar-refractivity contribution in [3.05, 3.63) is 102 Å². The molecule has 1 amide bonds. The van der Waals surface area contributed by atoms with Gasteiger partial charge in [-0.3, -0.25) is 9.20 Å². The zero-order valence-electron chi connectivity index (χ0n) is 19.7. The molecule has 39 heavy (non-hydrogen) atoms. The lowest BCUT2D eigenvalue weighted by Crippen LogP contribution is -2.31. The van der Waals surface area contributed by atoms with Crippen molar-refractivity contribution in [2.75, 3.05) is 10.6 Å². The van der Waals surface area contributed by atoms with Crippen LogP contribution in [0.4, 0.5) is 33.5 Å².